The van der Waals surface area contributed by atoms with Gasteiger partial charge in [0.15, 0.2) is 5.96 Å². The van der Waals surface area contributed by atoms with Gasteiger partial charge in [-0.1, -0.05) is 12.1 Å². The minimum Gasteiger partial charge on any atom is -0.435 e. The third kappa shape index (κ3) is 6.85. The predicted octanol–water partition coefficient (Wildman–Crippen LogP) is 2.46. The second-order valence-electron chi connectivity index (χ2n) is 6.51. The molecule has 0 aliphatic carbocycles. The van der Waals surface area contributed by atoms with Gasteiger partial charge in [-0.05, 0) is 38.5 Å². The fourth-order valence-electron chi connectivity index (χ4n) is 2.28. The quantitative estimate of drug-likeness (QED) is 0.545. The zero-order valence-corrected chi connectivity index (χ0v) is 16.0. The largest absolute Gasteiger partial charge is 0.435 e. The lowest BCUT2D eigenvalue weighted by Crippen LogP contribution is -2.41. The lowest BCUT2D eigenvalue weighted by molar-refractivity contribution is -0.128. The van der Waals surface area contributed by atoms with E-state index in [1.54, 1.807) is 19.2 Å². The molecule has 0 fully saturated rings. The van der Waals surface area contributed by atoms with Crippen molar-refractivity contribution in [2.24, 2.45) is 10.4 Å². The van der Waals surface area contributed by atoms with Crippen LogP contribution in [0.4, 0.5) is 8.78 Å². The molecule has 0 aliphatic heterocycles. The topological polar surface area (TPSA) is 66.0 Å². The molecule has 0 atom stereocenters. The molecule has 26 heavy (non-hydrogen) atoms. The summed E-state index contributed by atoms with van der Waals surface area (Å²) in [5.41, 5.74) is 0.301. The minimum absolute atomic E-state index is 0.0747. The smallest absolute Gasteiger partial charge is 0.387 e. The Morgan fingerprint density at radius 1 is 1.31 bits per heavy atom. The molecular weight excluding hydrogens is 342 g/mol. The number of carbonyl (C=O) groups excluding carboxylic acids is 1. The van der Waals surface area contributed by atoms with Crippen molar-refractivity contribution in [3.05, 3.63) is 29.8 Å². The number of alkyl halides is 2. The molecule has 1 aromatic carbocycles. The van der Waals surface area contributed by atoms with Crippen LogP contribution in [-0.2, 0) is 11.3 Å². The van der Waals surface area contributed by atoms with E-state index < -0.39 is 12.0 Å². The van der Waals surface area contributed by atoms with Gasteiger partial charge in [0.2, 0.25) is 5.91 Å². The average Bonchev–Trinajstić information content (AvgIpc) is 2.58. The third-order valence-electron chi connectivity index (χ3n) is 3.73. The van der Waals surface area contributed by atoms with Gasteiger partial charge in [-0.25, -0.2) is 0 Å². The van der Waals surface area contributed by atoms with Crippen molar-refractivity contribution in [3.8, 4) is 5.75 Å². The first-order valence-corrected chi connectivity index (χ1v) is 8.45. The van der Waals surface area contributed by atoms with Gasteiger partial charge in [0.25, 0.3) is 0 Å². The van der Waals surface area contributed by atoms with E-state index in [2.05, 4.69) is 20.4 Å². The van der Waals surface area contributed by atoms with Crippen molar-refractivity contribution in [1.29, 1.82) is 0 Å². The monoisotopic (exact) mass is 370 g/mol. The molecule has 1 aromatic rings. The number of hydrogen-bond acceptors (Lipinski definition) is 3. The number of halogens is 2. The normalized spacial score (nSPS) is 12.1. The Morgan fingerprint density at radius 3 is 2.42 bits per heavy atom. The molecule has 0 aliphatic rings. The van der Waals surface area contributed by atoms with Crippen molar-refractivity contribution >= 4 is 11.9 Å². The molecule has 8 heteroatoms. The van der Waals surface area contributed by atoms with Gasteiger partial charge < -0.3 is 20.3 Å². The van der Waals surface area contributed by atoms with Gasteiger partial charge in [-0.2, -0.15) is 8.78 Å². The van der Waals surface area contributed by atoms with Crippen LogP contribution in [0.1, 0.15) is 26.3 Å². The van der Waals surface area contributed by atoms with E-state index >= 15 is 0 Å². The number of nitrogens with one attached hydrogen (secondary N) is 2. The van der Waals surface area contributed by atoms with Gasteiger partial charge in [0.1, 0.15) is 5.75 Å². The predicted molar refractivity (Wildman–Crippen MR) is 98.4 cm³/mol. The summed E-state index contributed by atoms with van der Waals surface area (Å²) in [5.74, 6) is 0.714. The molecule has 0 radical (unpaired) electrons. The van der Waals surface area contributed by atoms with Crippen LogP contribution >= 0.6 is 0 Å². The maximum absolute atomic E-state index is 12.2. The van der Waals surface area contributed by atoms with Gasteiger partial charge in [0, 0.05) is 27.2 Å². The number of aliphatic imine (C=N–C) groups is 1. The number of rotatable bonds is 8. The fraction of sp³-hybridized carbons (Fsp3) is 0.556. The van der Waals surface area contributed by atoms with E-state index in [0.29, 0.717) is 25.6 Å². The summed E-state index contributed by atoms with van der Waals surface area (Å²) in [6.07, 6.45) is 0. The molecule has 146 valence electrons. The molecule has 0 saturated heterocycles. The second kappa shape index (κ2) is 9.94. The Kier molecular flexibility index (Phi) is 8.28. The number of hydrogen-bond donors (Lipinski definition) is 2. The Balaban J connectivity index is 2.80. The molecule has 1 amide bonds. The van der Waals surface area contributed by atoms with Crippen molar-refractivity contribution in [2.45, 2.75) is 33.9 Å². The first kappa shape index (κ1) is 21.7. The second-order valence-corrected chi connectivity index (χ2v) is 6.51. The van der Waals surface area contributed by atoms with Crippen molar-refractivity contribution in [3.63, 3.8) is 0 Å². The zero-order chi connectivity index (χ0) is 19.7. The van der Waals surface area contributed by atoms with Crippen molar-refractivity contribution in [2.75, 3.05) is 27.2 Å². The van der Waals surface area contributed by atoms with Crippen LogP contribution in [0.2, 0.25) is 0 Å². The van der Waals surface area contributed by atoms with Crippen LogP contribution in [0.3, 0.4) is 0 Å². The van der Waals surface area contributed by atoms with Crippen LogP contribution in [0.25, 0.3) is 0 Å². The highest BCUT2D eigenvalue weighted by Gasteiger charge is 2.26. The Labute approximate surface area is 153 Å². The molecule has 6 nitrogen and oxygen atoms in total. The fourth-order valence-corrected chi connectivity index (χ4v) is 2.28. The molecular formula is C18H28F2N4O2. The van der Waals surface area contributed by atoms with Crippen LogP contribution in [0.15, 0.2) is 29.3 Å². The highest BCUT2D eigenvalue weighted by Crippen LogP contribution is 2.17. The van der Waals surface area contributed by atoms with E-state index in [0.717, 1.165) is 5.56 Å². The first-order chi connectivity index (χ1) is 12.2. The Morgan fingerprint density at radius 2 is 1.92 bits per heavy atom. The molecule has 0 bridgehead atoms. The van der Waals surface area contributed by atoms with E-state index in [-0.39, 0.29) is 11.7 Å². The Bertz CT molecular complexity index is 604. The van der Waals surface area contributed by atoms with Gasteiger partial charge in [-0.3, -0.25) is 9.79 Å². The molecule has 0 unspecified atom stereocenters. The molecule has 0 saturated carbocycles. The Hall–Kier alpha value is -2.38. The van der Waals surface area contributed by atoms with Crippen LogP contribution < -0.4 is 15.4 Å². The van der Waals surface area contributed by atoms with Gasteiger partial charge in [-0.15, -0.1) is 0 Å². The number of guanidine groups is 1. The summed E-state index contributed by atoms with van der Waals surface area (Å²) < 4.78 is 28.8. The summed E-state index contributed by atoms with van der Waals surface area (Å²) in [6, 6.07) is 6.47. The van der Waals surface area contributed by atoms with E-state index in [1.165, 1.54) is 12.1 Å². The first-order valence-electron chi connectivity index (χ1n) is 8.45. The number of nitrogens with zero attached hydrogens (tertiary/aromatic N) is 2. The molecule has 1 rings (SSSR count). The third-order valence-corrected chi connectivity index (χ3v) is 3.73. The van der Waals surface area contributed by atoms with Crippen LogP contribution in [0.5, 0.6) is 5.75 Å². The van der Waals surface area contributed by atoms with Crippen LogP contribution in [-0.4, -0.2) is 50.6 Å². The van der Waals surface area contributed by atoms with E-state index in [9.17, 15) is 13.6 Å². The molecule has 0 aromatic heterocycles. The molecule has 0 heterocycles. The number of carbonyl (C=O) groups is 1. The summed E-state index contributed by atoms with van der Waals surface area (Å²) in [5, 5.41) is 5.83. The van der Waals surface area contributed by atoms with E-state index in [1.807, 2.05) is 32.7 Å². The highest BCUT2D eigenvalue weighted by molar-refractivity contribution is 5.83. The summed E-state index contributed by atoms with van der Waals surface area (Å²) in [4.78, 5) is 18.4. The maximum atomic E-state index is 12.2. The number of benzene rings is 1. The average molecular weight is 370 g/mol. The van der Waals surface area contributed by atoms with Gasteiger partial charge in [0.05, 0.1) is 12.0 Å². The maximum Gasteiger partial charge on any atom is 0.387 e. The minimum atomic E-state index is -2.83. The summed E-state index contributed by atoms with van der Waals surface area (Å²) >= 11 is 0. The lowest BCUT2D eigenvalue weighted by atomic mass is 9.93. The lowest BCUT2D eigenvalue weighted by Gasteiger charge is -2.25. The van der Waals surface area contributed by atoms with Gasteiger partial charge >= 0.3 is 6.61 Å². The number of ether oxygens (including phenoxy) is 1. The highest BCUT2D eigenvalue weighted by atomic mass is 19.3. The zero-order valence-electron chi connectivity index (χ0n) is 16.0. The molecule has 2 N–H and O–H groups in total. The number of amides is 1. The SMILES string of the molecule is CCNC(=NCC(C)(C)C(=O)NC)N(C)Cc1ccc(OC(F)F)cc1. The van der Waals surface area contributed by atoms with Crippen molar-refractivity contribution in [1.82, 2.24) is 15.5 Å². The standard InChI is InChI=1S/C18H28F2N4O2/c1-6-22-17(23-12-18(2,3)15(25)21-4)24(5)11-13-7-9-14(10-8-13)26-16(19)20/h7-10,16H,6,11-12H2,1-5H3,(H,21,25)(H,22,23). The van der Waals surface area contributed by atoms with E-state index in [4.69, 9.17) is 0 Å². The van der Waals surface area contributed by atoms with Crippen LogP contribution in [0, 0.1) is 5.41 Å². The van der Waals surface area contributed by atoms with Crippen molar-refractivity contribution < 1.29 is 18.3 Å². The summed E-state index contributed by atoms with van der Waals surface area (Å²) in [6.45, 7) is 4.34. The summed E-state index contributed by atoms with van der Waals surface area (Å²) in [7, 11) is 3.48. The molecule has 0 spiro atoms.